The molecule has 30 heavy (non-hydrogen) atoms. The standard InChI is InChI=1S/C21H26ClN5O2S/c1-14(2)27-17(13-15(3)24-27)20(28)26(8-7-25-9-11-29-12-10-25)21-23-19-16(22)5-4-6-18(19)30-21/h4-6,13-14H,7-12H2,1-3H3. The van der Waals surface area contributed by atoms with Gasteiger partial charge < -0.3 is 4.74 Å². The van der Waals surface area contributed by atoms with Crippen LogP contribution >= 0.6 is 22.9 Å². The van der Waals surface area contributed by atoms with E-state index in [1.54, 1.807) is 9.58 Å². The molecule has 0 aliphatic carbocycles. The van der Waals surface area contributed by atoms with Crippen molar-refractivity contribution in [3.05, 3.63) is 40.7 Å². The van der Waals surface area contributed by atoms with E-state index in [-0.39, 0.29) is 11.9 Å². The second-order valence-corrected chi connectivity index (χ2v) is 9.12. The zero-order valence-corrected chi connectivity index (χ0v) is 19.0. The summed E-state index contributed by atoms with van der Waals surface area (Å²) < 4.78 is 8.21. The molecule has 3 heterocycles. The Kier molecular flexibility index (Phi) is 6.38. The maximum Gasteiger partial charge on any atom is 0.278 e. The van der Waals surface area contributed by atoms with Crippen LogP contribution < -0.4 is 4.90 Å². The summed E-state index contributed by atoms with van der Waals surface area (Å²) in [6.07, 6.45) is 0. The molecular weight excluding hydrogens is 422 g/mol. The number of hydrogen-bond donors (Lipinski definition) is 0. The molecule has 0 radical (unpaired) electrons. The summed E-state index contributed by atoms with van der Waals surface area (Å²) in [5, 5.41) is 5.77. The smallest absolute Gasteiger partial charge is 0.278 e. The fourth-order valence-corrected chi connectivity index (χ4v) is 4.87. The second-order valence-electron chi connectivity index (χ2n) is 7.70. The van der Waals surface area contributed by atoms with Gasteiger partial charge in [0.05, 0.1) is 28.6 Å². The summed E-state index contributed by atoms with van der Waals surface area (Å²) in [5.41, 5.74) is 2.14. The second kappa shape index (κ2) is 9.01. The minimum absolute atomic E-state index is 0.0866. The van der Waals surface area contributed by atoms with Crippen LogP contribution in [0.25, 0.3) is 10.2 Å². The molecule has 1 aliphatic heterocycles. The van der Waals surface area contributed by atoms with Gasteiger partial charge in [-0.1, -0.05) is 29.0 Å². The number of benzene rings is 1. The van der Waals surface area contributed by atoms with Crippen molar-refractivity contribution in [2.75, 3.05) is 44.3 Å². The first-order valence-electron chi connectivity index (χ1n) is 10.2. The Bertz CT molecular complexity index is 1040. The molecular formula is C21H26ClN5O2S. The van der Waals surface area contributed by atoms with E-state index in [0.717, 1.165) is 48.8 Å². The average molecular weight is 448 g/mol. The molecule has 3 aromatic rings. The third-order valence-electron chi connectivity index (χ3n) is 5.14. The average Bonchev–Trinajstić information content (AvgIpc) is 3.33. The van der Waals surface area contributed by atoms with Gasteiger partial charge in [-0.05, 0) is 39.0 Å². The summed E-state index contributed by atoms with van der Waals surface area (Å²) >= 11 is 7.83. The van der Waals surface area contributed by atoms with Gasteiger partial charge >= 0.3 is 0 Å². The number of anilines is 1. The number of aromatic nitrogens is 3. The van der Waals surface area contributed by atoms with E-state index in [1.165, 1.54) is 11.3 Å². The lowest BCUT2D eigenvalue weighted by molar-refractivity contribution is 0.0391. The Balaban J connectivity index is 1.69. The van der Waals surface area contributed by atoms with Crippen LogP contribution in [0.2, 0.25) is 5.02 Å². The number of ether oxygens (including phenoxy) is 1. The first kappa shape index (κ1) is 21.2. The van der Waals surface area contributed by atoms with Crippen molar-refractivity contribution in [3.63, 3.8) is 0 Å². The summed E-state index contributed by atoms with van der Waals surface area (Å²) in [7, 11) is 0. The number of nitrogens with zero attached hydrogens (tertiary/aromatic N) is 5. The number of para-hydroxylation sites is 1. The highest BCUT2D eigenvalue weighted by atomic mass is 35.5. The Morgan fingerprint density at radius 3 is 2.80 bits per heavy atom. The molecule has 1 fully saturated rings. The number of fused-ring (bicyclic) bond motifs is 1. The summed E-state index contributed by atoms with van der Waals surface area (Å²) in [6, 6.07) is 7.65. The van der Waals surface area contributed by atoms with Gasteiger partial charge in [-0.3, -0.25) is 19.3 Å². The van der Waals surface area contributed by atoms with Gasteiger partial charge in [0, 0.05) is 32.2 Å². The number of rotatable bonds is 6. The highest BCUT2D eigenvalue weighted by molar-refractivity contribution is 7.22. The topological polar surface area (TPSA) is 63.5 Å². The maximum absolute atomic E-state index is 13.7. The third kappa shape index (κ3) is 4.37. The maximum atomic E-state index is 13.7. The van der Waals surface area contributed by atoms with Gasteiger partial charge in [-0.15, -0.1) is 0 Å². The molecule has 0 bridgehead atoms. The van der Waals surface area contributed by atoms with E-state index >= 15 is 0 Å². The predicted molar refractivity (Wildman–Crippen MR) is 121 cm³/mol. The molecule has 1 aliphatic rings. The molecule has 9 heteroatoms. The number of hydrogen-bond acceptors (Lipinski definition) is 6. The Morgan fingerprint density at radius 2 is 2.10 bits per heavy atom. The normalized spacial score (nSPS) is 15.2. The Labute approximate surface area is 185 Å². The number of carbonyl (C=O) groups is 1. The Hall–Kier alpha value is -2.00. The van der Waals surface area contributed by atoms with Gasteiger partial charge in [0.2, 0.25) is 0 Å². The van der Waals surface area contributed by atoms with Crippen LogP contribution in [-0.4, -0.2) is 65.0 Å². The molecule has 0 unspecified atom stereocenters. The van der Waals surface area contributed by atoms with E-state index in [9.17, 15) is 4.79 Å². The lowest BCUT2D eigenvalue weighted by atomic mass is 10.3. The monoisotopic (exact) mass is 447 g/mol. The van der Waals surface area contributed by atoms with Crippen LogP contribution in [0.1, 0.15) is 36.1 Å². The minimum atomic E-state index is -0.0901. The van der Waals surface area contributed by atoms with Crippen molar-refractivity contribution in [1.82, 2.24) is 19.7 Å². The Morgan fingerprint density at radius 1 is 1.33 bits per heavy atom. The number of carbonyl (C=O) groups excluding carboxylic acids is 1. The number of halogens is 1. The van der Waals surface area contributed by atoms with E-state index < -0.39 is 0 Å². The van der Waals surface area contributed by atoms with Crippen LogP contribution in [0.4, 0.5) is 5.13 Å². The molecule has 2 aromatic heterocycles. The zero-order valence-electron chi connectivity index (χ0n) is 17.5. The van der Waals surface area contributed by atoms with Crippen molar-refractivity contribution in [3.8, 4) is 0 Å². The quantitative estimate of drug-likeness (QED) is 0.571. The van der Waals surface area contributed by atoms with Crippen LogP contribution in [-0.2, 0) is 4.74 Å². The fourth-order valence-electron chi connectivity index (χ4n) is 3.58. The predicted octanol–water partition coefficient (Wildman–Crippen LogP) is 4.01. The van der Waals surface area contributed by atoms with E-state index in [2.05, 4.69) is 10.00 Å². The van der Waals surface area contributed by atoms with Crippen LogP contribution in [0, 0.1) is 6.92 Å². The summed E-state index contributed by atoms with van der Waals surface area (Å²) in [6.45, 7) is 10.5. The van der Waals surface area contributed by atoms with Crippen LogP contribution in [0.15, 0.2) is 24.3 Å². The van der Waals surface area contributed by atoms with Crippen LogP contribution in [0.3, 0.4) is 0 Å². The summed E-state index contributed by atoms with van der Waals surface area (Å²) in [4.78, 5) is 22.5. The van der Waals surface area contributed by atoms with E-state index in [0.29, 0.717) is 22.4 Å². The summed E-state index contributed by atoms with van der Waals surface area (Å²) in [5.74, 6) is -0.0901. The molecule has 4 rings (SSSR count). The number of aryl methyl sites for hydroxylation is 1. The minimum Gasteiger partial charge on any atom is -0.379 e. The van der Waals surface area contributed by atoms with Crippen molar-refractivity contribution in [1.29, 1.82) is 0 Å². The third-order valence-corrected chi connectivity index (χ3v) is 6.49. The highest BCUT2D eigenvalue weighted by Gasteiger charge is 2.27. The first-order valence-corrected chi connectivity index (χ1v) is 11.4. The molecule has 1 amide bonds. The van der Waals surface area contributed by atoms with Gasteiger partial charge in [0.15, 0.2) is 5.13 Å². The van der Waals surface area contributed by atoms with Gasteiger partial charge in [-0.25, -0.2) is 4.98 Å². The van der Waals surface area contributed by atoms with Crippen molar-refractivity contribution in [2.24, 2.45) is 0 Å². The molecule has 0 atom stereocenters. The zero-order chi connectivity index (χ0) is 21.3. The van der Waals surface area contributed by atoms with Gasteiger partial charge in [0.1, 0.15) is 11.2 Å². The van der Waals surface area contributed by atoms with E-state index in [4.69, 9.17) is 21.3 Å². The van der Waals surface area contributed by atoms with Gasteiger partial charge in [-0.2, -0.15) is 5.10 Å². The molecule has 7 nitrogen and oxygen atoms in total. The first-order chi connectivity index (χ1) is 14.4. The van der Waals surface area contributed by atoms with Crippen molar-refractivity contribution < 1.29 is 9.53 Å². The van der Waals surface area contributed by atoms with Gasteiger partial charge in [0.25, 0.3) is 5.91 Å². The van der Waals surface area contributed by atoms with Crippen molar-refractivity contribution >= 4 is 44.2 Å². The number of thiazole rings is 1. The SMILES string of the molecule is Cc1cc(C(=O)N(CCN2CCOCC2)c2nc3c(Cl)cccc3s2)n(C(C)C)n1. The largest absolute Gasteiger partial charge is 0.379 e. The molecule has 0 saturated carbocycles. The molecule has 1 aromatic carbocycles. The lowest BCUT2D eigenvalue weighted by Gasteiger charge is -2.29. The fraction of sp³-hybridized carbons (Fsp3) is 0.476. The molecule has 1 saturated heterocycles. The molecule has 0 spiro atoms. The number of morpholine rings is 1. The molecule has 160 valence electrons. The van der Waals surface area contributed by atoms with E-state index in [1.807, 2.05) is 45.0 Å². The highest BCUT2D eigenvalue weighted by Crippen LogP contribution is 2.33. The van der Waals surface area contributed by atoms with Crippen molar-refractivity contribution in [2.45, 2.75) is 26.8 Å². The number of amides is 1. The lowest BCUT2D eigenvalue weighted by Crippen LogP contribution is -2.43. The van der Waals surface area contributed by atoms with Crippen LogP contribution in [0.5, 0.6) is 0 Å². The molecule has 0 N–H and O–H groups in total.